The fraction of sp³-hybridized carbons (Fsp3) is 0.263. The molecule has 2 aromatic rings. The van der Waals surface area contributed by atoms with Crippen molar-refractivity contribution < 1.29 is 14.3 Å². The number of alkyl halides is 2. The molecule has 1 atom stereocenters. The molecule has 0 aliphatic heterocycles. The molecule has 0 aromatic heterocycles. The highest BCUT2D eigenvalue weighted by Gasteiger charge is 2.52. The number of hydrogen-bond acceptors (Lipinski definition) is 3. The summed E-state index contributed by atoms with van der Waals surface area (Å²) >= 11 is 11.9. The first-order valence-electron chi connectivity index (χ1n) is 7.64. The van der Waals surface area contributed by atoms with Gasteiger partial charge in [0.1, 0.15) is 4.33 Å². The summed E-state index contributed by atoms with van der Waals surface area (Å²) in [6, 6.07) is 13.9. The SMILES string of the molecule is Cc1ccc(C(=O)c2ccccc2C(=O)OCC2CC2(Cl)Cl)cc1. The molecule has 2 aromatic carbocycles. The Bertz CT molecular complexity index is 781. The van der Waals surface area contributed by atoms with E-state index in [1.165, 1.54) is 0 Å². The van der Waals surface area contributed by atoms with E-state index in [-0.39, 0.29) is 23.9 Å². The van der Waals surface area contributed by atoms with Crippen LogP contribution in [0.15, 0.2) is 48.5 Å². The fourth-order valence-electron chi connectivity index (χ4n) is 2.42. The molecule has 0 spiro atoms. The van der Waals surface area contributed by atoms with Crippen LogP contribution in [-0.4, -0.2) is 22.7 Å². The molecule has 0 amide bonds. The maximum atomic E-state index is 12.7. The zero-order valence-electron chi connectivity index (χ0n) is 13.1. The number of carbonyl (C=O) groups is 2. The van der Waals surface area contributed by atoms with Crippen LogP contribution in [0.1, 0.15) is 38.3 Å². The highest BCUT2D eigenvalue weighted by Crippen LogP contribution is 2.53. The third-order valence-electron chi connectivity index (χ3n) is 4.08. The quantitative estimate of drug-likeness (QED) is 0.444. The minimum absolute atomic E-state index is 0.0512. The average molecular weight is 363 g/mol. The Morgan fingerprint density at radius 1 is 1.08 bits per heavy atom. The lowest BCUT2D eigenvalue weighted by Gasteiger charge is -2.09. The van der Waals surface area contributed by atoms with Crippen molar-refractivity contribution in [3.63, 3.8) is 0 Å². The molecule has 1 saturated carbocycles. The molecule has 3 rings (SSSR count). The zero-order chi connectivity index (χ0) is 17.3. The van der Waals surface area contributed by atoms with Gasteiger partial charge in [0.05, 0.1) is 12.2 Å². The highest BCUT2D eigenvalue weighted by atomic mass is 35.5. The molecule has 1 unspecified atom stereocenters. The molecule has 5 heteroatoms. The van der Waals surface area contributed by atoms with Gasteiger partial charge in [-0.25, -0.2) is 4.79 Å². The monoisotopic (exact) mass is 362 g/mol. The molecule has 24 heavy (non-hydrogen) atoms. The Labute approximate surface area is 150 Å². The molecule has 0 heterocycles. The number of ketones is 1. The maximum Gasteiger partial charge on any atom is 0.338 e. The topological polar surface area (TPSA) is 43.4 Å². The van der Waals surface area contributed by atoms with Crippen LogP contribution in [0.4, 0.5) is 0 Å². The Kier molecular flexibility index (Phi) is 4.66. The van der Waals surface area contributed by atoms with Crippen molar-refractivity contribution in [2.45, 2.75) is 17.7 Å². The second-order valence-corrected chi connectivity index (χ2v) is 7.54. The molecule has 0 radical (unpaired) electrons. The summed E-state index contributed by atoms with van der Waals surface area (Å²) in [5, 5.41) is 0. The van der Waals surface area contributed by atoms with Crippen molar-refractivity contribution in [2.24, 2.45) is 5.92 Å². The lowest BCUT2D eigenvalue weighted by atomic mass is 9.98. The molecular formula is C19H16Cl2O3. The third-order valence-corrected chi connectivity index (χ3v) is 5.00. The predicted molar refractivity (Wildman–Crippen MR) is 93.9 cm³/mol. The van der Waals surface area contributed by atoms with Crippen molar-refractivity contribution >= 4 is 35.0 Å². The van der Waals surface area contributed by atoms with Gasteiger partial charge in [-0.3, -0.25) is 4.79 Å². The Hall–Kier alpha value is -1.84. The van der Waals surface area contributed by atoms with Gasteiger partial charge in [-0.2, -0.15) is 0 Å². The van der Waals surface area contributed by atoms with Gasteiger partial charge in [0.25, 0.3) is 0 Å². The van der Waals surface area contributed by atoms with Crippen LogP contribution in [-0.2, 0) is 4.74 Å². The van der Waals surface area contributed by atoms with Crippen LogP contribution in [0.3, 0.4) is 0 Å². The fourth-order valence-corrected chi connectivity index (χ4v) is 2.92. The van der Waals surface area contributed by atoms with E-state index in [0.29, 0.717) is 17.5 Å². The first kappa shape index (κ1) is 17.0. The number of esters is 1. The highest BCUT2D eigenvalue weighted by molar-refractivity contribution is 6.50. The van der Waals surface area contributed by atoms with Gasteiger partial charge in [-0.15, -0.1) is 23.2 Å². The maximum absolute atomic E-state index is 12.7. The van der Waals surface area contributed by atoms with Crippen LogP contribution >= 0.6 is 23.2 Å². The number of rotatable bonds is 5. The molecule has 124 valence electrons. The summed E-state index contributed by atoms with van der Waals surface area (Å²) in [6.45, 7) is 2.10. The number of halogens is 2. The van der Waals surface area contributed by atoms with Gasteiger partial charge >= 0.3 is 5.97 Å². The van der Waals surface area contributed by atoms with Crippen molar-refractivity contribution in [3.05, 3.63) is 70.8 Å². The van der Waals surface area contributed by atoms with Gasteiger partial charge in [0, 0.05) is 17.0 Å². The lowest BCUT2D eigenvalue weighted by Crippen LogP contribution is -2.14. The molecule has 3 nitrogen and oxygen atoms in total. The minimum atomic E-state index is -0.794. The Morgan fingerprint density at radius 3 is 2.25 bits per heavy atom. The summed E-state index contributed by atoms with van der Waals surface area (Å²) in [4.78, 5) is 25.0. The average Bonchev–Trinajstić information content (AvgIpc) is 3.19. The summed E-state index contributed by atoms with van der Waals surface area (Å²) < 4.78 is 4.48. The number of carbonyl (C=O) groups excluding carboxylic acids is 2. The molecule has 0 N–H and O–H groups in total. The van der Waals surface area contributed by atoms with E-state index >= 15 is 0 Å². The molecule has 1 aliphatic carbocycles. The van der Waals surface area contributed by atoms with Crippen LogP contribution in [0.25, 0.3) is 0 Å². The normalized spacial score (nSPS) is 18.0. The zero-order valence-corrected chi connectivity index (χ0v) is 14.6. The second-order valence-electron chi connectivity index (χ2n) is 6.00. The van der Waals surface area contributed by atoms with Crippen molar-refractivity contribution in [1.29, 1.82) is 0 Å². The first-order chi connectivity index (χ1) is 11.4. The predicted octanol–water partition coefficient (Wildman–Crippen LogP) is 4.58. The van der Waals surface area contributed by atoms with E-state index in [4.69, 9.17) is 27.9 Å². The van der Waals surface area contributed by atoms with Crippen molar-refractivity contribution in [1.82, 2.24) is 0 Å². The number of aryl methyl sites for hydroxylation is 1. The van der Waals surface area contributed by atoms with E-state index in [1.807, 2.05) is 19.1 Å². The van der Waals surface area contributed by atoms with Crippen molar-refractivity contribution in [3.8, 4) is 0 Å². The van der Waals surface area contributed by atoms with Gasteiger partial charge in [-0.05, 0) is 19.4 Å². The van der Waals surface area contributed by atoms with Gasteiger partial charge in [-0.1, -0.05) is 48.0 Å². The molecule has 1 aliphatic rings. The van der Waals surface area contributed by atoms with Gasteiger partial charge in [0.15, 0.2) is 5.78 Å². The number of hydrogen-bond donors (Lipinski definition) is 0. The third kappa shape index (κ3) is 3.63. The van der Waals surface area contributed by atoms with E-state index in [0.717, 1.165) is 5.56 Å². The van der Waals surface area contributed by atoms with Crippen LogP contribution in [0.2, 0.25) is 0 Å². The second kappa shape index (κ2) is 6.58. The van der Waals surface area contributed by atoms with E-state index in [1.54, 1.807) is 36.4 Å². The number of benzene rings is 2. The summed E-state index contributed by atoms with van der Waals surface area (Å²) in [7, 11) is 0. The Morgan fingerprint density at radius 2 is 1.67 bits per heavy atom. The lowest BCUT2D eigenvalue weighted by molar-refractivity contribution is 0.0482. The molecule has 0 saturated heterocycles. The summed E-state index contributed by atoms with van der Waals surface area (Å²) in [5.41, 5.74) is 2.17. The largest absolute Gasteiger partial charge is 0.462 e. The van der Waals surface area contributed by atoms with Crippen LogP contribution in [0, 0.1) is 12.8 Å². The van der Waals surface area contributed by atoms with E-state index < -0.39 is 10.3 Å². The van der Waals surface area contributed by atoms with Crippen LogP contribution in [0.5, 0.6) is 0 Å². The standard InChI is InChI=1S/C19H16Cl2O3/c1-12-6-8-13(9-7-12)17(22)15-4-2-3-5-16(15)18(23)24-11-14-10-19(14,20)21/h2-9,14H,10-11H2,1H3. The molecule has 0 bridgehead atoms. The van der Waals surface area contributed by atoms with Crippen molar-refractivity contribution in [2.75, 3.05) is 6.61 Å². The van der Waals surface area contributed by atoms with Gasteiger partial charge < -0.3 is 4.74 Å². The van der Waals surface area contributed by atoms with Crippen LogP contribution < -0.4 is 0 Å². The first-order valence-corrected chi connectivity index (χ1v) is 8.39. The van der Waals surface area contributed by atoms with E-state index in [9.17, 15) is 9.59 Å². The summed E-state index contributed by atoms with van der Waals surface area (Å²) in [6.07, 6.45) is 0.604. The van der Waals surface area contributed by atoms with Gasteiger partial charge in [0.2, 0.25) is 0 Å². The minimum Gasteiger partial charge on any atom is -0.462 e. The summed E-state index contributed by atoms with van der Waals surface area (Å²) in [5.74, 6) is -0.801. The Balaban J connectivity index is 1.78. The smallest absolute Gasteiger partial charge is 0.338 e. The van der Waals surface area contributed by atoms with E-state index in [2.05, 4.69) is 0 Å². The molecule has 1 fully saturated rings. The number of ether oxygens (including phenoxy) is 1. The molecular weight excluding hydrogens is 347 g/mol.